The Kier molecular flexibility index (Phi) is 4.68. The summed E-state index contributed by atoms with van der Waals surface area (Å²) in [4.78, 5) is 14.8. The molecule has 5 nitrogen and oxygen atoms in total. The van der Waals surface area contributed by atoms with E-state index in [0.29, 0.717) is 6.42 Å². The number of amides is 1. The number of hydrogen-bond acceptors (Lipinski definition) is 3. The van der Waals surface area contributed by atoms with Crippen LogP contribution >= 0.6 is 0 Å². The monoisotopic (exact) mass is 272 g/mol. The highest BCUT2D eigenvalue weighted by atomic mass is 16.4. The molecule has 0 spiro atoms. The van der Waals surface area contributed by atoms with E-state index in [2.05, 4.69) is 10.3 Å². The minimum Gasteiger partial charge on any atom is -0.465 e. The highest BCUT2D eigenvalue weighted by Gasteiger charge is 2.11. The topological polar surface area (TPSA) is 82.5 Å². The van der Waals surface area contributed by atoms with Crippen LogP contribution < -0.4 is 5.32 Å². The Hall–Kier alpha value is -2.40. The molecule has 2 aromatic rings. The molecule has 0 saturated carbocycles. The molecule has 0 bridgehead atoms. The molecule has 1 aromatic carbocycles. The number of benzene rings is 1. The maximum absolute atomic E-state index is 10.6. The number of aliphatic hydroxyl groups is 1. The van der Waals surface area contributed by atoms with Gasteiger partial charge in [0.2, 0.25) is 0 Å². The summed E-state index contributed by atoms with van der Waals surface area (Å²) in [6.07, 6.45) is 1.06. The Morgan fingerprint density at radius 1 is 1.20 bits per heavy atom. The molecular weight excluding hydrogens is 256 g/mol. The van der Waals surface area contributed by atoms with Gasteiger partial charge < -0.3 is 15.5 Å². The van der Waals surface area contributed by atoms with Gasteiger partial charge in [0.05, 0.1) is 18.3 Å². The van der Waals surface area contributed by atoms with E-state index in [0.717, 1.165) is 16.8 Å². The molecule has 5 heteroatoms. The van der Waals surface area contributed by atoms with Crippen molar-refractivity contribution in [1.29, 1.82) is 0 Å². The smallest absolute Gasteiger partial charge is 0.404 e. The molecule has 0 saturated heterocycles. The van der Waals surface area contributed by atoms with Gasteiger partial charge in [-0.15, -0.1) is 0 Å². The van der Waals surface area contributed by atoms with Crippen LogP contribution in [0.2, 0.25) is 0 Å². The molecule has 1 amide bonds. The van der Waals surface area contributed by atoms with E-state index < -0.39 is 12.1 Å². The Morgan fingerprint density at radius 3 is 2.50 bits per heavy atom. The molecule has 104 valence electrons. The van der Waals surface area contributed by atoms with Crippen LogP contribution in [0.5, 0.6) is 0 Å². The lowest BCUT2D eigenvalue weighted by Gasteiger charge is -2.14. The summed E-state index contributed by atoms with van der Waals surface area (Å²) in [6, 6.07) is 12.9. The number of carboxylic acid groups (broad SMARTS) is 1. The van der Waals surface area contributed by atoms with Gasteiger partial charge >= 0.3 is 6.09 Å². The quantitative estimate of drug-likeness (QED) is 0.776. The van der Waals surface area contributed by atoms with Crippen molar-refractivity contribution in [2.75, 3.05) is 6.61 Å². The van der Waals surface area contributed by atoms with Crippen LogP contribution in [0.3, 0.4) is 0 Å². The van der Waals surface area contributed by atoms with Crippen LogP contribution in [0, 0.1) is 0 Å². The zero-order valence-corrected chi connectivity index (χ0v) is 10.9. The largest absolute Gasteiger partial charge is 0.465 e. The zero-order chi connectivity index (χ0) is 14.4. The normalized spacial score (nSPS) is 11.8. The van der Waals surface area contributed by atoms with Gasteiger partial charge in [-0.05, 0) is 24.1 Å². The number of nitrogens with zero attached hydrogens (tertiary/aromatic N) is 1. The fourth-order valence-electron chi connectivity index (χ4n) is 1.97. The summed E-state index contributed by atoms with van der Waals surface area (Å²) in [5, 5.41) is 20.1. The standard InChI is InChI=1S/C15H16N2O3/c18-10-13(17-15(19)20)9-11-4-6-12(7-5-11)14-3-1-2-8-16-14/h1-8,13,17-18H,9-10H2,(H,19,20)/t13-/m0/s1. The summed E-state index contributed by atoms with van der Waals surface area (Å²) in [7, 11) is 0. The number of pyridine rings is 1. The highest BCUT2D eigenvalue weighted by Crippen LogP contribution is 2.17. The number of carbonyl (C=O) groups is 1. The third-order valence-corrected chi connectivity index (χ3v) is 2.94. The van der Waals surface area contributed by atoms with Crippen molar-refractivity contribution >= 4 is 6.09 Å². The lowest BCUT2D eigenvalue weighted by atomic mass is 10.0. The summed E-state index contributed by atoms with van der Waals surface area (Å²) in [5.41, 5.74) is 2.85. The van der Waals surface area contributed by atoms with Crippen LogP contribution in [0.4, 0.5) is 4.79 Å². The van der Waals surface area contributed by atoms with E-state index in [1.807, 2.05) is 42.5 Å². The van der Waals surface area contributed by atoms with Crippen molar-refractivity contribution in [3.63, 3.8) is 0 Å². The molecule has 0 unspecified atom stereocenters. The summed E-state index contributed by atoms with van der Waals surface area (Å²) >= 11 is 0. The molecule has 0 radical (unpaired) electrons. The van der Waals surface area contributed by atoms with E-state index in [-0.39, 0.29) is 6.61 Å². The minimum absolute atomic E-state index is 0.228. The average molecular weight is 272 g/mol. The highest BCUT2D eigenvalue weighted by molar-refractivity contribution is 5.65. The molecule has 1 atom stereocenters. The third kappa shape index (κ3) is 3.80. The van der Waals surface area contributed by atoms with Gasteiger partial charge in [-0.2, -0.15) is 0 Å². The number of rotatable bonds is 5. The van der Waals surface area contributed by atoms with Gasteiger partial charge in [-0.1, -0.05) is 30.3 Å². The number of hydrogen-bond donors (Lipinski definition) is 3. The third-order valence-electron chi connectivity index (χ3n) is 2.94. The Labute approximate surface area is 116 Å². The molecule has 1 aromatic heterocycles. The van der Waals surface area contributed by atoms with Gasteiger partial charge in [0.1, 0.15) is 0 Å². The Balaban J connectivity index is 2.06. The SMILES string of the molecule is O=C(O)N[C@H](CO)Cc1ccc(-c2ccccn2)cc1. The number of aliphatic hydroxyl groups excluding tert-OH is 1. The lowest BCUT2D eigenvalue weighted by molar-refractivity contribution is 0.177. The van der Waals surface area contributed by atoms with Crippen LogP contribution in [0.1, 0.15) is 5.56 Å². The van der Waals surface area contributed by atoms with Crippen LogP contribution in [0.25, 0.3) is 11.3 Å². The second-order valence-electron chi connectivity index (χ2n) is 4.45. The zero-order valence-electron chi connectivity index (χ0n) is 10.9. The molecule has 0 aliphatic rings. The molecule has 0 fully saturated rings. The van der Waals surface area contributed by atoms with E-state index in [1.165, 1.54) is 0 Å². The molecule has 20 heavy (non-hydrogen) atoms. The van der Waals surface area contributed by atoms with Gasteiger partial charge in [-0.3, -0.25) is 4.98 Å². The fraction of sp³-hybridized carbons (Fsp3) is 0.200. The van der Waals surface area contributed by atoms with Crippen LogP contribution in [-0.2, 0) is 6.42 Å². The lowest BCUT2D eigenvalue weighted by Crippen LogP contribution is -2.38. The van der Waals surface area contributed by atoms with Crippen molar-refractivity contribution < 1.29 is 15.0 Å². The second kappa shape index (κ2) is 6.68. The van der Waals surface area contributed by atoms with Gasteiger partial charge in [0, 0.05) is 11.8 Å². The van der Waals surface area contributed by atoms with E-state index in [1.54, 1.807) is 6.20 Å². The van der Waals surface area contributed by atoms with Crippen LogP contribution in [-0.4, -0.2) is 33.9 Å². The molecule has 0 aliphatic carbocycles. The summed E-state index contributed by atoms with van der Waals surface area (Å²) in [5.74, 6) is 0. The molecule has 1 heterocycles. The van der Waals surface area contributed by atoms with Gasteiger partial charge in [-0.25, -0.2) is 4.79 Å². The first-order chi connectivity index (χ1) is 9.69. The van der Waals surface area contributed by atoms with Crippen molar-refractivity contribution in [1.82, 2.24) is 10.3 Å². The van der Waals surface area contributed by atoms with E-state index in [9.17, 15) is 4.79 Å². The maximum Gasteiger partial charge on any atom is 0.404 e. The predicted molar refractivity (Wildman–Crippen MR) is 75.4 cm³/mol. The van der Waals surface area contributed by atoms with Crippen molar-refractivity contribution in [3.05, 3.63) is 54.2 Å². The summed E-state index contributed by atoms with van der Waals surface area (Å²) < 4.78 is 0. The first kappa shape index (κ1) is 14.0. The first-order valence-corrected chi connectivity index (χ1v) is 6.29. The van der Waals surface area contributed by atoms with Crippen molar-refractivity contribution in [3.8, 4) is 11.3 Å². The Bertz CT molecular complexity index is 555. The van der Waals surface area contributed by atoms with Crippen molar-refractivity contribution in [2.45, 2.75) is 12.5 Å². The average Bonchev–Trinajstić information content (AvgIpc) is 2.48. The predicted octanol–water partition coefficient (Wildman–Crippen LogP) is 1.92. The number of nitrogens with one attached hydrogen (secondary N) is 1. The van der Waals surface area contributed by atoms with E-state index >= 15 is 0 Å². The van der Waals surface area contributed by atoms with Crippen molar-refractivity contribution in [2.24, 2.45) is 0 Å². The molecule has 3 N–H and O–H groups in total. The minimum atomic E-state index is -1.13. The molecule has 2 rings (SSSR count). The van der Waals surface area contributed by atoms with Gasteiger partial charge in [0.25, 0.3) is 0 Å². The Morgan fingerprint density at radius 2 is 1.95 bits per heavy atom. The molecule has 0 aliphatic heterocycles. The fourth-order valence-corrected chi connectivity index (χ4v) is 1.97. The van der Waals surface area contributed by atoms with Crippen LogP contribution in [0.15, 0.2) is 48.7 Å². The first-order valence-electron chi connectivity index (χ1n) is 6.29. The second-order valence-corrected chi connectivity index (χ2v) is 4.45. The van der Waals surface area contributed by atoms with Gasteiger partial charge in [0.15, 0.2) is 0 Å². The summed E-state index contributed by atoms with van der Waals surface area (Å²) in [6.45, 7) is -0.228. The molecular formula is C15H16N2O3. The maximum atomic E-state index is 10.6. The van der Waals surface area contributed by atoms with E-state index in [4.69, 9.17) is 10.2 Å². The number of aromatic nitrogens is 1.